The summed E-state index contributed by atoms with van der Waals surface area (Å²) >= 11 is 0. The molecule has 20 heavy (non-hydrogen) atoms. The Kier molecular flexibility index (Phi) is 4.50. The van der Waals surface area contributed by atoms with E-state index in [1.807, 2.05) is 6.92 Å². The average Bonchev–Trinajstić information content (AvgIpc) is 2.41. The van der Waals surface area contributed by atoms with Crippen LogP contribution in [-0.4, -0.2) is 16.5 Å². The van der Waals surface area contributed by atoms with Crippen molar-refractivity contribution in [3.63, 3.8) is 0 Å². The van der Waals surface area contributed by atoms with E-state index in [1.54, 1.807) is 31.2 Å². The third kappa shape index (κ3) is 3.44. The minimum Gasteiger partial charge on any atom is -0.436 e. The Morgan fingerprint density at radius 3 is 2.80 bits per heavy atom. The Morgan fingerprint density at radius 1 is 1.25 bits per heavy atom. The van der Waals surface area contributed by atoms with Crippen LogP contribution in [0, 0.1) is 19.7 Å². The molecule has 0 spiro atoms. The Bertz CT molecular complexity index is 602. The molecule has 4 nitrogen and oxygen atoms in total. The molecule has 0 aliphatic heterocycles. The number of hydrogen-bond acceptors (Lipinski definition) is 4. The summed E-state index contributed by atoms with van der Waals surface area (Å²) in [6.07, 6.45) is 0.972. The zero-order valence-electron chi connectivity index (χ0n) is 11.9. The lowest BCUT2D eigenvalue weighted by Gasteiger charge is -2.10. The fourth-order valence-corrected chi connectivity index (χ4v) is 1.72. The summed E-state index contributed by atoms with van der Waals surface area (Å²) in [5.41, 5.74) is 1.30. The van der Waals surface area contributed by atoms with Crippen LogP contribution in [0.5, 0.6) is 11.6 Å². The highest BCUT2D eigenvalue weighted by molar-refractivity contribution is 5.36. The van der Waals surface area contributed by atoms with Crippen LogP contribution in [-0.2, 0) is 0 Å². The highest BCUT2D eigenvalue weighted by Gasteiger charge is 2.09. The number of ether oxygens (including phenoxy) is 1. The number of anilines is 1. The fourth-order valence-electron chi connectivity index (χ4n) is 1.72. The quantitative estimate of drug-likeness (QED) is 0.900. The molecular formula is C15H18FN3O. The predicted molar refractivity (Wildman–Crippen MR) is 76.8 cm³/mol. The molecule has 0 saturated carbocycles. The van der Waals surface area contributed by atoms with Gasteiger partial charge in [0.05, 0.1) is 0 Å². The van der Waals surface area contributed by atoms with Crippen LogP contribution < -0.4 is 10.1 Å². The molecule has 106 valence electrons. The van der Waals surface area contributed by atoms with Crippen LogP contribution in [0.1, 0.15) is 24.6 Å². The van der Waals surface area contributed by atoms with Gasteiger partial charge in [0.15, 0.2) is 11.6 Å². The zero-order chi connectivity index (χ0) is 14.5. The van der Waals surface area contributed by atoms with E-state index in [-0.39, 0.29) is 11.6 Å². The van der Waals surface area contributed by atoms with Crippen LogP contribution in [0.15, 0.2) is 24.3 Å². The first kappa shape index (κ1) is 14.2. The van der Waals surface area contributed by atoms with E-state index in [2.05, 4.69) is 22.2 Å². The van der Waals surface area contributed by atoms with E-state index in [0.29, 0.717) is 17.4 Å². The number of nitrogens with zero attached hydrogens (tertiary/aromatic N) is 2. The van der Waals surface area contributed by atoms with Crippen LogP contribution in [0.3, 0.4) is 0 Å². The van der Waals surface area contributed by atoms with Crippen molar-refractivity contribution >= 4 is 5.95 Å². The molecule has 0 radical (unpaired) electrons. The first-order valence-electron chi connectivity index (χ1n) is 6.62. The number of aryl methyl sites for hydroxylation is 2. The first-order valence-corrected chi connectivity index (χ1v) is 6.62. The molecule has 0 saturated heterocycles. The second-order valence-corrected chi connectivity index (χ2v) is 4.59. The molecule has 2 rings (SSSR count). The highest BCUT2D eigenvalue weighted by atomic mass is 19.1. The molecule has 0 fully saturated rings. The SMILES string of the molecule is CCCNc1nc(C)cc(Oc2cccc(C)c2F)n1. The van der Waals surface area contributed by atoms with Gasteiger partial charge in [-0.15, -0.1) is 0 Å². The van der Waals surface area contributed by atoms with E-state index in [1.165, 1.54) is 0 Å². The van der Waals surface area contributed by atoms with Crippen molar-refractivity contribution in [2.24, 2.45) is 0 Å². The number of hydrogen-bond donors (Lipinski definition) is 1. The molecule has 1 N–H and O–H groups in total. The molecule has 1 aromatic heterocycles. The van der Waals surface area contributed by atoms with Gasteiger partial charge in [-0.3, -0.25) is 0 Å². The molecule has 5 heteroatoms. The third-order valence-corrected chi connectivity index (χ3v) is 2.73. The Hall–Kier alpha value is -2.17. The van der Waals surface area contributed by atoms with Crippen molar-refractivity contribution < 1.29 is 9.13 Å². The number of benzene rings is 1. The predicted octanol–water partition coefficient (Wildman–Crippen LogP) is 3.85. The van der Waals surface area contributed by atoms with Crippen molar-refractivity contribution in [2.45, 2.75) is 27.2 Å². The van der Waals surface area contributed by atoms with E-state index in [4.69, 9.17) is 4.74 Å². The van der Waals surface area contributed by atoms with Gasteiger partial charge in [-0.25, -0.2) is 9.37 Å². The smallest absolute Gasteiger partial charge is 0.226 e. The summed E-state index contributed by atoms with van der Waals surface area (Å²) in [5.74, 6) is 0.631. The van der Waals surface area contributed by atoms with Crippen LogP contribution in [0.4, 0.5) is 10.3 Å². The fraction of sp³-hybridized carbons (Fsp3) is 0.333. The second-order valence-electron chi connectivity index (χ2n) is 4.59. The number of aromatic nitrogens is 2. The summed E-state index contributed by atoms with van der Waals surface area (Å²) in [4.78, 5) is 8.48. The Balaban J connectivity index is 2.24. The normalized spacial score (nSPS) is 10.4. The van der Waals surface area contributed by atoms with Gasteiger partial charge in [0.25, 0.3) is 0 Å². The maximum atomic E-state index is 13.9. The van der Waals surface area contributed by atoms with Gasteiger partial charge in [0.1, 0.15) is 0 Å². The minimum atomic E-state index is -0.369. The number of halogens is 1. The maximum absolute atomic E-state index is 13.9. The first-order chi connectivity index (χ1) is 9.60. The Labute approximate surface area is 118 Å². The second kappa shape index (κ2) is 6.32. The van der Waals surface area contributed by atoms with Gasteiger partial charge < -0.3 is 10.1 Å². The molecular weight excluding hydrogens is 257 g/mol. The lowest BCUT2D eigenvalue weighted by molar-refractivity contribution is 0.424. The highest BCUT2D eigenvalue weighted by Crippen LogP contribution is 2.25. The Morgan fingerprint density at radius 2 is 2.05 bits per heavy atom. The van der Waals surface area contributed by atoms with Crippen molar-refractivity contribution in [3.8, 4) is 11.6 Å². The van der Waals surface area contributed by atoms with Crippen molar-refractivity contribution in [1.29, 1.82) is 0 Å². The van der Waals surface area contributed by atoms with Gasteiger partial charge in [0, 0.05) is 18.3 Å². The van der Waals surface area contributed by atoms with Crippen molar-refractivity contribution in [1.82, 2.24) is 9.97 Å². The van der Waals surface area contributed by atoms with E-state index < -0.39 is 0 Å². The maximum Gasteiger partial charge on any atom is 0.226 e. The zero-order valence-corrected chi connectivity index (χ0v) is 11.9. The van der Waals surface area contributed by atoms with Gasteiger partial charge in [-0.1, -0.05) is 19.1 Å². The summed E-state index contributed by atoms with van der Waals surface area (Å²) in [7, 11) is 0. The summed E-state index contributed by atoms with van der Waals surface area (Å²) in [6, 6.07) is 6.71. The largest absolute Gasteiger partial charge is 0.436 e. The number of nitrogens with one attached hydrogen (secondary N) is 1. The molecule has 0 aliphatic rings. The lowest BCUT2D eigenvalue weighted by Crippen LogP contribution is -2.06. The standard InChI is InChI=1S/C15H18FN3O/c1-4-8-17-15-18-11(3)9-13(19-15)20-12-7-5-6-10(2)14(12)16/h5-7,9H,4,8H2,1-3H3,(H,17,18,19). The molecule has 1 aromatic carbocycles. The molecule has 0 atom stereocenters. The van der Waals surface area contributed by atoms with Gasteiger partial charge in [0.2, 0.25) is 11.8 Å². The molecule has 0 bridgehead atoms. The molecule has 1 heterocycles. The topological polar surface area (TPSA) is 47.0 Å². The third-order valence-electron chi connectivity index (χ3n) is 2.73. The summed E-state index contributed by atoms with van der Waals surface area (Å²) < 4.78 is 19.4. The van der Waals surface area contributed by atoms with Crippen LogP contribution in [0.2, 0.25) is 0 Å². The van der Waals surface area contributed by atoms with E-state index >= 15 is 0 Å². The van der Waals surface area contributed by atoms with E-state index in [9.17, 15) is 4.39 Å². The monoisotopic (exact) mass is 275 g/mol. The molecule has 2 aromatic rings. The van der Waals surface area contributed by atoms with Gasteiger partial charge in [-0.05, 0) is 31.9 Å². The minimum absolute atomic E-state index is 0.171. The van der Waals surface area contributed by atoms with Crippen LogP contribution >= 0.6 is 0 Å². The van der Waals surface area contributed by atoms with E-state index in [0.717, 1.165) is 18.7 Å². The molecule has 0 aliphatic carbocycles. The summed E-state index contributed by atoms with van der Waals surface area (Å²) in [5, 5.41) is 3.09. The average molecular weight is 275 g/mol. The lowest BCUT2D eigenvalue weighted by atomic mass is 10.2. The summed E-state index contributed by atoms with van der Waals surface area (Å²) in [6.45, 7) is 6.38. The van der Waals surface area contributed by atoms with Crippen molar-refractivity contribution in [3.05, 3.63) is 41.3 Å². The van der Waals surface area contributed by atoms with Crippen molar-refractivity contribution in [2.75, 3.05) is 11.9 Å². The molecule has 0 unspecified atom stereocenters. The van der Waals surface area contributed by atoms with Gasteiger partial charge >= 0.3 is 0 Å². The number of rotatable bonds is 5. The molecule has 0 amide bonds. The van der Waals surface area contributed by atoms with Crippen LogP contribution in [0.25, 0.3) is 0 Å². The van der Waals surface area contributed by atoms with Gasteiger partial charge in [-0.2, -0.15) is 4.98 Å².